The van der Waals surface area contributed by atoms with Crippen LogP contribution in [0.4, 0.5) is 0 Å². The van der Waals surface area contributed by atoms with Crippen molar-refractivity contribution in [3.05, 3.63) is 34.7 Å². The van der Waals surface area contributed by atoms with Gasteiger partial charge in [-0.1, -0.05) is 6.07 Å². The van der Waals surface area contributed by atoms with Gasteiger partial charge in [0.2, 0.25) is 5.56 Å². The second-order valence-corrected chi connectivity index (χ2v) is 5.12. The highest BCUT2D eigenvalue weighted by atomic mass is 16.1. The highest BCUT2D eigenvalue weighted by molar-refractivity contribution is 5.80. The number of rotatable bonds is 7. The Bertz CT molecular complexity index is 491. The Kier molecular flexibility index (Phi) is 5.65. The molecule has 1 fully saturated rings. The number of nitrogens with one attached hydrogen (secondary N) is 2. The number of aryl methyl sites for hydroxylation is 1. The van der Waals surface area contributed by atoms with Crippen LogP contribution in [-0.4, -0.2) is 29.7 Å². The van der Waals surface area contributed by atoms with Gasteiger partial charge in [-0.3, -0.25) is 9.79 Å². The molecule has 1 saturated carbocycles. The first kappa shape index (κ1) is 14.6. The molecule has 0 aromatic carbocycles. The molecule has 1 aromatic heterocycles. The number of unbranched alkanes of at least 4 members (excludes halogenated alkanes) is 1. The van der Waals surface area contributed by atoms with E-state index in [1.807, 2.05) is 12.3 Å². The maximum Gasteiger partial charge on any atom is 0.250 e. The summed E-state index contributed by atoms with van der Waals surface area (Å²) in [5.41, 5.74) is 0.0692. The first-order valence-corrected chi connectivity index (χ1v) is 7.50. The Hall–Kier alpha value is -1.78. The van der Waals surface area contributed by atoms with Crippen molar-refractivity contribution in [2.45, 2.75) is 45.2 Å². The molecule has 1 heterocycles. The highest BCUT2D eigenvalue weighted by Crippen LogP contribution is 2.18. The summed E-state index contributed by atoms with van der Waals surface area (Å²) >= 11 is 0. The van der Waals surface area contributed by atoms with Crippen molar-refractivity contribution in [3.8, 4) is 0 Å². The van der Waals surface area contributed by atoms with Crippen molar-refractivity contribution in [2.24, 2.45) is 4.99 Å². The molecule has 110 valence electrons. The van der Waals surface area contributed by atoms with Crippen LogP contribution < -0.4 is 16.2 Å². The summed E-state index contributed by atoms with van der Waals surface area (Å²) in [5.74, 6) is 0.923. The topological polar surface area (TPSA) is 58.4 Å². The van der Waals surface area contributed by atoms with Gasteiger partial charge in [-0.2, -0.15) is 0 Å². The largest absolute Gasteiger partial charge is 0.357 e. The van der Waals surface area contributed by atoms with Crippen LogP contribution >= 0.6 is 0 Å². The van der Waals surface area contributed by atoms with Crippen LogP contribution in [0.3, 0.4) is 0 Å². The predicted octanol–water partition coefficient (Wildman–Crippen LogP) is 1.35. The minimum Gasteiger partial charge on any atom is -0.357 e. The number of aliphatic imine (C=N–C) groups is 1. The monoisotopic (exact) mass is 276 g/mol. The average Bonchev–Trinajstić information content (AvgIpc) is 3.24. The standard InChI is InChI=1S/C15H24N4O/c1-2-16-15(18-13-8-9-13)17-10-4-6-12-19-11-5-3-7-14(19)20/h3,5,7,11,13H,2,4,6,8-10,12H2,1H3,(H2,16,17,18). The fraction of sp³-hybridized carbons (Fsp3) is 0.600. The molecule has 0 radical (unpaired) electrons. The molecule has 20 heavy (non-hydrogen) atoms. The van der Waals surface area contributed by atoms with E-state index in [2.05, 4.69) is 22.5 Å². The summed E-state index contributed by atoms with van der Waals surface area (Å²) < 4.78 is 1.75. The molecule has 0 unspecified atom stereocenters. The second-order valence-electron chi connectivity index (χ2n) is 5.12. The van der Waals surface area contributed by atoms with E-state index in [1.165, 1.54) is 12.8 Å². The minimum atomic E-state index is 0.0692. The van der Waals surface area contributed by atoms with E-state index in [0.29, 0.717) is 6.04 Å². The van der Waals surface area contributed by atoms with Crippen molar-refractivity contribution in [2.75, 3.05) is 13.1 Å². The van der Waals surface area contributed by atoms with Gasteiger partial charge in [0.15, 0.2) is 5.96 Å². The lowest BCUT2D eigenvalue weighted by molar-refractivity contribution is 0.597. The van der Waals surface area contributed by atoms with Gasteiger partial charge in [0.05, 0.1) is 0 Å². The van der Waals surface area contributed by atoms with Gasteiger partial charge in [0.25, 0.3) is 0 Å². The van der Waals surface area contributed by atoms with Gasteiger partial charge in [-0.05, 0) is 38.7 Å². The lowest BCUT2D eigenvalue weighted by Gasteiger charge is -2.10. The van der Waals surface area contributed by atoms with Crippen molar-refractivity contribution in [1.29, 1.82) is 0 Å². The quantitative estimate of drug-likeness (QED) is 0.449. The Morgan fingerprint density at radius 3 is 2.95 bits per heavy atom. The van der Waals surface area contributed by atoms with Crippen LogP contribution in [0.2, 0.25) is 0 Å². The van der Waals surface area contributed by atoms with Crippen LogP contribution in [0.1, 0.15) is 32.6 Å². The second kappa shape index (κ2) is 7.72. The lowest BCUT2D eigenvalue weighted by atomic mass is 10.3. The summed E-state index contributed by atoms with van der Waals surface area (Å²) in [7, 11) is 0. The van der Waals surface area contributed by atoms with E-state index in [0.717, 1.165) is 38.4 Å². The zero-order valence-electron chi connectivity index (χ0n) is 12.1. The predicted molar refractivity (Wildman–Crippen MR) is 82.1 cm³/mol. The number of hydrogen-bond donors (Lipinski definition) is 2. The minimum absolute atomic E-state index is 0.0692. The van der Waals surface area contributed by atoms with Crippen molar-refractivity contribution >= 4 is 5.96 Å². The number of hydrogen-bond acceptors (Lipinski definition) is 2. The van der Waals surface area contributed by atoms with Crippen LogP contribution in [0, 0.1) is 0 Å². The van der Waals surface area contributed by atoms with Crippen LogP contribution in [0.25, 0.3) is 0 Å². The van der Waals surface area contributed by atoms with E-state index in [4.69, 9.17) is 0 Å². The van der Waals surface area contributed by atoms with Crippen LogP contribution in [0.5, 0.6) is 0 Å². The summed E-state index contributed by atoms with van der Waals surface area (Å²) in [4.78, 5) is 16.1. The Balaban J connectivity index is 1.69. The molecule has 2 rings (SSSR count). The molecule has 0 saturated heterocycles. The molecule has 0 atom stereocenters. The third-order valence-corrected chi connectivity index (χ3v) is 3.24. The van der Waals surface area contributed by atoms with Gasteiger partial charge in [-0.25, -0.2) is 0 Å². The van der Waals surface area contributed by atoms with Gasteiger partial charge in [0.1, 0.15) is 0 Å². The fourth-order valence-corrected chi connectivity index (χ4v) is 1.97. The maximum absolute atomic E-state index is 11.5. The molecule has 0 spiro atoms. The van der Waals surface area contributed by atoms with E-state index in [-0.39, 0.29) is 5.56 Å². The lowest BCUT2D eigenvalue weighted by Crippen LogP contribution is -2.38. The third-order valence-electron chi connectivity index (χ3n) is 3.24. The normalized spacial score (nSPS) is 15.2. The van der Waals surface area contributed by atoms with E-state index in [1.54, 1.807) is 16.7 Å². The van der Waals surface area contributed by atoms with E-state index in [9.17, 15) is 4.79 Å². The smallest absolute Gasteiger partial charge is 0.250 e. The van der Waals surface area contributed by atoms with Gasteiger partial charge in [0, 0.05) is 37.9 Å². The third kappa shape index (κ3) is 5.07. The molecule has 2 N–H and O–H groups in total. The van der Waals surface area contributed by atoms with Crippen molar-refractivity contribution in [3.63, 3.8) is 0 Å². The molecule has 5 heteroatoms. The molecule has 1 aromatic rings. The van der Waals surface area contributed by atoms with Gasteiger partial charge >= 0.3 is 0 Å². The van der Waals surface area contributed by atoms with E-state index >= 15 is 0 Å². The number of guanidine groups is 1. The molecular formula is C15H24N4O. The molecule has 5 nitrogen and oxygen atoms in total. The van der Waals surface area contributed by atoms with E-state index < -0.39 is 0 Å². The van der Waals surface area contributed by atoms with Crippen LogP contribution in [0.15, 0.2) is 34.2 Å². The molecule has 0 amide bonds. The summed E-state index contributed by atoms with van der Waals surface area (Å²) in [5, 5.41) is 6.65. The molecule has 0 aliphatic heterocycles. The van der Waals surface area contributed by atoms with Gasteiger partial charge in [-0.15, -0.1) is 0 Å². The van der Waals surface area contributed by atoms with Gasteiger partial charge < -0.3 is 15.2 Å². The molecular weight excluding hydrogens is 252 g/mol. The average molecular weight is 276 g/mol. The molecule has 1 aliphatic carbocycles. The summed E-state index contributed by atoms with van der Waals surface area (Å²) in [6.45, 7) is 4.52. The Morgan fingerprint density at radius 1 is 1.40 bits per heavy atom. The molecule has 1 aliphatic rings. The fourth-order valence-electron chi connectivity index (χ4n) is 1.97. The first-order chi connectivity index (χ1) is 9.79. The summed E-state index contributed by atoms with van der Waals surface area (Å²) in [6, 6.07) is 5.88. The zero-order chi connectivity index (χ0) is 14.2. The first-order valence-electron chi connectivity index (χ1n) is 7.50. The van der Waals surface area contributed by atoms with Crippen LogP contribution in [-0.2, 0) is 6.54 Å². The SMILES string of the molecule is CCNC(=NCCCCn1ccccc1=O)NC1CC1. The number of pyridine rings is 1. The molecule has 0 bridgehead atoms. The zero-order valence-corrected chi connectivity index (χ0v) is 12.1. The Labute approximate surface area is 120 Å². The highest BCUT2D eigenvalue weighted by Gasteiger charge is 2.21. The van der Waals surface area contributed by atoms with Crippen molar-refractivity contribution < 1.29 is 0 Å². The maximum atomic E-state index is 11.5. The Morgan fingerprint density at radius 2 is 2.25 bits per heavy atom. The van der Waals surface area contributed by atoms with Crippen molar-refractivity contribution in [1.82, 2.24) is 15.2 Å². The number of nitrogens with zero attached hydrogens (tertiary/aromatic N) is 2. The number of aromatic nitrogens is 1. The summed E-state index contributed by atoms with van der Waals surface area (Å²) in [6.07, 6.45) is 6.30.